The first kappa shape index (κ1) is 12.5. The van der Waals surface area contributed by atoms with Crippen LogP contribution in [0.2, 0.25) is 0 Å². The minimum absolute atomic E-state index is 0.0673. The highest BCUT2D eigenvalue weighted by molar-refractivity contribution is 5.97. The van der Waals surface area contributed by atoms with Crippen molar-refractivity contribution >= 4 is 16.7 Å². The molecule has 0 radical (unpaired) electrons. The number of rotatable bonds is 3. The van der Waals surface area contributed by atoms with Crippen molar-refractivity contribution in [2.45, 2.75) is 6.42 Å². The molecular weight excluding hydrogens is 253 g/mol. The van der Waals surface area contributed by atoms with Crippen LogP contribution < -0.4 is 0 Å². The van der Waals surface area contributed by atoms with Gasteiger partial charge in [-0.2, -0.15) is 0 Å². The number of carbonyl (C=O) groups is 1. The third kappa shape index (κ3) is 2.57. The molecule has 0 saturated carbocycles. The minimum Gasteiger partial charge on any atom is -0.292 e. The molecule has 0 amide bonds. The van der Waals surface area contributed by atoms with Gasteiger partial charge in [-0.3, -0.25) is 4.79 Å². The van der Waals surface area contributed by atoms with Crippen molar-refractivity contribution in [3.05, 3.63) is 77.7 Å². The normalized spacial score (nSPS) is 10.7. The molecule has 0 saturated heterocycles. The number of fused-ring (bicyclic) bond motifs is 1. The predicted octanol–water partition coefficient (Wildman–Crippen LogP) is 3.80. The lowest BCUT2D eigenvalue weighted by molar-refractivity contribution is 0.0988. The Morgan fingerprint density at radius 1 is 0.950 bits per heavy atom. The van der Waals surface area contributed by atoms with Crippen LogP contribution in [0.15, 0.2) is 60.7 Å². The van der Waals surface area contributed by atoms with Crippen LogP contribution in [-0.2, 0) is 6.42 Å². The van der Waals surface area contributed by atoms with Crippen LogP contribution in [0.5, 0.6) is 0 Å². The Hall–Kier alpha value is -2.55. The number of nitrogens with zero attached hydrogens (tertiary/aromatic N) is 1. The van der Waals surface area contributed by atoms with Crippen LogP contribution >= 0.6 is 0 Å². The lowest BCUT2D eigenvalue weighted by Crippen LogP contribution is -2.06. The standard InChI is InChI=1S/C17H12FNO/c18-14-8-5-12(6-9-14)11-17(20)16-10-7-13-3-1-2-4-15(13)19-16/h1-10H,11H2. The van der Waals surface area contributed by atoms with Gasteiger partial charge in [-0.05, 0) is 29.8 Å². The summed E-state index contributed by atoms with van der Waals surface area (Å²) in [5.74, 6) is -0.368. The molecule has 0 aliphatic carbocycles. The van der Waals surface area contributed by atoms with Crippen molar-refractivity contribution in [1.82, 2.24) is 4.98 Å². The molecule has 0 atom stereocenters. The summed E-state index contributed by atoms with van der Waals surface area (Å²) in [7, 11) is 0. The first-order valence-electron chi connectivity index (χ1n) is 6.36. The number of Topliss-reactive ketones (excluding diaryl/α,β-unsaturated/α-hetero) is 1. The van der Waals surface area contributed by atoms with Crippen molar-refractivity contribution in [1.29, 1.82) is 0 Å². The molecule has 3 heteroatoms. The number of pyridine rings is 1. The molecule has 0 N–H and O–H groups in total. The van der Waals surface area contributed by atoms with Crippen molar-refractivity contribution in [3.63, 3.8) is 0 Å². The number of benzene rings is 2. The zero-order valence-corrected chi connectivity index (χ0v) is 10.7. The quantitative estimate of drug-likeness (QED) is 0.674. The van der Waals surface area contributed by atoms with E-state index >= 15 is 0 Å². The molecule has 2 nitrogen and oxygen atoms in total. The van der Waals surface area contributed by atoms with Gasteiger partial charge in [0.05, 0.1) is 5.52 Å². The molecule has 2 aromatic carbocycles. The number of halogens is 1. The van der Waals surface area contributed by atoms with Gasteiger partial charge in [0.15, 0.2) is 5.78 Å². The topological polar surface area (TPSA) is 30.0 Å². The minimum atomic E-state index is -0.301. The van der Waals surface area contributed by atoms with E-state index in [9.17, 15) is 9.18 Å². The maximum Gasteiger partial charge on any atom is 0.185 e. The van der Waals surface area contributed by atoms with Crippen LogP contribution in [0.3, 0.4) is 0 Å². The first-order chi connectivity index (χ1) is 9.72. The lowest BCUT2D eigenvalue weighted by atomic mass is 10.1. The van der Waals surface area contributed by atoms with Crippen molar-refractivity contribution in [2.24, 2.45) is 0 Å². The molecule has 0 spiro atoms. The van der Waals surface area contributed by atoms with E-state index in [1.807, 2.05) is 30.3 Å². The fourth-order valence-electron chi connectivity index (χ4n) is 2.10. The molecule has 98 valence electrons. The Morgan fingerprint density at radius 2 is 1.70 bits per heavy atom. The van der Waals surface area contributed by atoms with Gasteiger partial charge < -0.3 is 0 Å². The van der Waals surface area contributed by atoms with Gasteiger partial charge in [0.25, 0.3) is 0 Å². The number of hydrogen-bond donors (Lipinski definition) is 0. The Bertz CT molecular complexity index is 765. The zero-order valence-electron chi connectivity index (χ0n) is 10.7. The predicted molar refractivity (Wildman–Crippen MR) is 76.2 cm³/mol. The maximum atomic E-state index is 12.8. The lowest BCUT2D eigenvalue weighted by Gasteiger charge is -2.03. The van der Waals surface area contributed by atoms with Gasteiger partial charge in [0.2, 0.25) is 0 Å². The smallest absolute Gasteiger partial charge is 0.185 e. The number of carbonyl (C=O) groups excluding carboxylic acids is 1. The summed E-state index contributed by atoms with van der Waals surface area (Å²) in [6.07, 6.45) is 0.228. The second kappa shape index (κ2) is 5.21. The maximum absolute atomic E-state index is 12.8. The monoisotopic (exact) mass is 265 g/mol. The first-order valence-corrected chi connectivity index (χ1v) is 6.36. The van der Waals surface area contributed by atoms with Gasteiger partial charge in [-0.15, -0.1) is 0 Å². The van der Waals surface area contributed by atoms with Gasteiger partial charge >= 0.3 is 0 Å². The fraction of sp³-hybridized carbons (Fsp3) is 0.0588. The summed E-state index contributed by atoms with van der Waals surface area (Å²) < 4.78 is 12.8. The van der Waals surface area contributed by atoms with Gasteiger partial charge in [0, 0.05) is 11.8 Å². The average molecular weight is 265 g/mol. The van der Waals surface area contributed by atoms with E-state index in [1.165, 1.54) is 12.1 Å². The summed E-state index contributed by atoms with van der Waals surface area (Å²) in [5, 5.41) is 1.01. The molecule has 0 unspecified atom stereocenters. The van der Waals surface area contributed by atoms with Crippen molar-refractivity contribution in [2.75, 3.05) is 0 Å². The van der Waals surface area contributed by atoms with E-state index in [0.717, 1.165) is 16.5 Å². The summed E-state index contributed by atoms with van der Waals surface area (Å²) in [4.78, 5) is 16.6. The van der Waals surface area contributed by atoms with Crippen LogP contribution in [0.25, 0.3) is 10.9 Å². The second-order valence-electron chi connectivity index (χ2n) is 4.62. The highest BCUT2D eigenvalue weighted by Gasteiger charge is 2.09. The third-order valence-electron chi connectivity index (χ3n) is 3.16. The molecule has 1 heterocycles. The Kier molecular flexibility index (Phi) is 3.25. The Morgan fingerprint density at radius 3 is 2.50 bits per heavy atom. The fourth-order valence-corrected chi connectivity index (χ4v) is 2.10. The van der Waals surface area contributed by atoms with Crippen LogP contribution in [0, 0.1) is 5.82 Å². The molecular formula is C17H12FNO. The number of ketones is 1. The van der Waals surface area contributed by atoms with Crippen molar-refractivity contribution in [3.8, 4) is 0 Å². The molecule has 0 bridgehead atoms. The Labute approximate surface area is 115 Å². The summed E-state index contributed by atoms with van der Waals surface area (Å²) in [6, 6.07) is 17.2. The molecule has 3 rings (SSSR count). The second-order valence-corrected chi connectivity index (χ2v) is 4.62. The number of aromatic nitrogens is 1. The zero-order chi connectivity index (χ0) is 13.9. The summed E-state index contributed by atoms with van der Waals surface area (Å²) in [5.41, 5.74) is 2.02. The molecule has 0 aliphatic heterocycles. The molecule has 20 heavy (non-hydrogen) atoms. The van der Waals surface area contributed by atoms with E-state index in [4.69, 9.17) is 0 Å². The largest absolute Gasteiger partial charge is 0.292 e. The summed E-state index contributed by atoms with van der Waals surface area (Å²) in [6.45, 7) is 0. The van der Waals surface area contributed by atoms with Gasteiger partial charge in [-0.1, -0.05) is 36.4 Å². The van der Waals surface area contributed by atoms with E-state index < -0.39 is 0 Å². The van der Waals surface area contributed by atoms with E-state index in [-0.39, 0.29) is 18.0 Å². The SMILES string of the molecule is O=C(Cc1ccc(F)cc1)c1ccc2ccccc2n1. The van der Waals surface area contributed by atoms with Crippen LogP contribution in [-0.4, -0.2) is 10.8 Å². The molecule has 1 aromatic heterocycles. The number of hydrogen-bond acceptors (Lipinski definition) is 2. The molecule has 3 aromatic rings. The van der Waals surface area contributed by atoms with Crippen LogP contribution in [0.4, 0.5) is 4.39 Å². The highest BCUT2D eigenvalue weighted by Crippen LogP contribution is 2.13. The highest BCUT2D eigenvalue weighted by atomic mass is 19.1. The van der Waals surface area contributed by atoms with Crippen molar-refractivity contribution < 1.29 is 9.18 Å². The summed E-state index contributed by atoms with van der Waals surface area (Å²) >= 11 is 0. The van der Waals surface area contributed by atoms with E-state index in [2.05, 4.69) is 4.98 Å². The Balaban J connectivity index is 1.86. The van der Waals surface area contributed by atoms with Gasteiger partial charge in [0.1, 0.15) is 11.5 Å². The molecule has 0 aliphatic rings. The van der Waals surface area contributed by atoms with E-state index in [1.54, 1.807) is 18.2 Å². The molecule has 0 fully saturated rings. The number of para-hydroxylation sites is 1. The average Bonchev–Trinajstić information content (AvgIpc) is 2.49. The van der Waals surface area contributed by atoms with Crippen LogP contribution in [0.1, 0.15) is 16.1 Å². The van der Waals surface area contributed by atoms with Gasteiger partial charge in [-0.25, -0.2) is 9.37 Å². The van der Waals surface area contributed by atoms with E-state index in [0.29, 0.717) is 5.69 Å². The third-order valence-corrected chi connectivity index (χ3v) is 3.16.